The van der Waals surface area contributed by atoms with Crippen LogP contribution in [0.25, 0.3) is 0 Å². The largest absolute Gasteiger partial charge is 0.0921 e. The van der Waals surface area contributed by atoms with Crippen LogP contribution in [0.3, 0.4) is 0 Å². The van der Waals surface area contributed by atoms with Gasteiger partial charge in [-0.1, -0.05) is 75.1 Å². The Kier molecular flexibility index (Phi) is 5.06. The molecule has 2 aromatic rings. The van der Waals surface area contributed by atoms with Gasteiger partial charge in [0, 0.05) is 10.4 Å². The third-order valence-electron chi connectivity index (χ3n) is 3.29. The molecule has 0 saturated heterocycles. The van der Waals surface area contributed by atoms with E-state index in [9.17, 15) is 0 Å². The Morgan fingerprint density at radius 3 is 2.26 bits per heavy atom. The van der Waals surface area contributed by atoms with Crippen LogP contribution in [0.1, 0.15) is 28.2 Å². The topological polar surface area (TPSA) is 0 Å². The zero-order chi connectivity index (χ0) is 13.8. The molecule has 0 radical (unpaired) electrons. The molecule has 0 nitrogen and oxygen atoms in total. The minimum Gasteiger partial charge on any atom is -0.0921 e. The molecule has 0 N–H and O–H groups in total. The van der Waals surface area contributed by atoms with Crippen LogP contribution in [0.5, 0.6) is 0 Å². The summed E-state index contributed by atoms with van der Waals surface area (Å²) in [5.41, 5.74) is 5.24. The third kappa shape index (κ3) is 3.84. The molecule has 2 aromatic carbocycles. The summed E-state index contributed by atoms with van der Waals surface area (Å²) in [5, 5.41) is 1.78. The molecule has 19 heavy (non-hydrogen) atoms. The van der Waals surface area contributed by atoms with Gasteiger partial charge in [0.25, 0.3) is 0 Å². The van der Waals surface area contributed by atoms with Gasteiger partial charge in [-0.15, -0.1) is 0 Å². The molecule has 0 fully saturated rings. The van der Waals surface area contributed by atoms with Gasteiger partial charge in [0.05, 0.1) is 0 Å². The quantitative estimate of drug-likeness (QED) is 0.630. The van der Waals surface area contributed by atoms with E-state index in [0.29, 0.717) is 5.92 Å². The van der Waals surface area contributed by atoms with Crippen molar-refractivity contribution in [1.82, 2.24) is 0 Å². The predicted molar refractivity (Wildman–Crippen MR) is 87.6 cm³/mol. The Labute approximate surface area is 128 Å². The fourth-order valence-corrected chi connectivity index (χ4v) is 3.39. The lowest BCUT2D eigenvalue weighted by Crippen LogP contribution is -2.05. The highest BCUT2D eigenvalue weighted by atomic mass is 79.9. The first-order chi connectivity index (χ1) is 9.10. The van der Waals surface area contributed by atoms with E-state index in [1.54, 1.807) is 0 Å². The minimum absolute atomic E-state index is 0.412. The average molecular weight is 338 g/mol. The van der Waals surface area contributed by atoms with Gasteiger partial charge in [0.1, 0.15) is 0 Å². The molecule has 0 aliphatic rings. The lowest BCUT2D eigenvalue weighted by Gasteiger charge is -2.17. The lowest BCUT2D eigenvalue weighted by atomic mass is 9.92. The molecule has 0 amide bonds. The van der Waals surface area contributed by atoms with Crippen molar-refractivity contribution < 1.29 is 0 Å². The zero-order valence-electron chi connectivity index (χ0n) is 11.3. The minimum atomic E-state index is 0.412. The van der Waals surface area contributed by atoms with Crippen LogP contribution in [-0.4, -0.2) is 5.33 Å². The summed E-state index contributed by atoms with van der Waals surface area (Å²) in [6.45, 7) is 4.30. The van der Waals surface area contributed by atoms with Gasteiger partial charge in [-0.05, 0) is 43.4 Å². The summed E-state index contributed by atoms with van der Waals surface area (Å²) >= 11 is 9.93. The molecule has 0 saturated carbocycles. The van der Waals surface area contributed by atoms with Gasteiger partial charge in [-0.3, -0.25) is 0 Å². The van der Waals surface area contributed by atoms with E-state index in [2.05, 4.69) is 60.1 Å². The number of halogens is 2. The van der Waals surface area contributed by atoms with E-state index in [-0.39, 0.29) is 0 Å². The molecule has 0 aliphatic carbocycles. The number of aryl methyl sites for hydroxylation is 2. The number of hydrogen-bond acceptors (Lipinski definition) is 0. The fourth-order valence-electron chi connectivity index (χ4n) is 2.53. The van der Waals surface area contributed by atoms with Crippen molar-refractivity contribution in [3.05, 3.63) is 69.7 Å². The van der Waals surface area contributed by atoms with Crippen LogP contribution in [0.2, 0.25) is 5.02 Å². The van der Waals surface area contributed by atoms with Crippen LogP contribution in [0.15, 0.2) is 42.5 Å². The molecule has 0 aromatic heterocycles. The Bertz CT molecular complexity index is 543. The van der Waals surface area contributed by atoms with E-state index < -0.39 is 0 Å². The van der Waals surface area contributed by atoms with Crippen molar-refractivity contribution in [3.8, 4) is 0 Å². The number of benzene rings is 2. The normalized spacial score (nSPS) is 12.4. The Balaban J connectivity index is 2.26. The second kappa shape index (κ2) is 6.58. The fraction of sp³-hybridized carbons (Fsp3) is 0.294. The van der Waals surface area contributed by atoms with Crippen LogP contribution in [-0.2, 0) is 6.42 Å². The van der Waals surface area contributed by atoms with Gasteiger partial charge >= 0.3 is 0 Å². The summed E-state index contributed by atoms with van der Waals surface area (Å²) in [4.78, 5) is 0. The molecular weight excluding hydrogens is 320 g/mol. The standard InChI is InChI=1S/C17H18BrCl/c1-12-7-13(2)9-14(8-12)10-15(11-18)16-5-3-4-6-17(16)19/h3-9,15H,10-11H2,1-2H3. The molecule has 2 heteroatoms. The number of hydrogen-bond donors (Lipinski definition) is 0. The Hall–Kier alpha value is -0.790. The zero-order valence-corrected chi connectivity index (χ0v) is 13.6. The van der Waals surface area contributed by atoms with E-state index in [1.807, 2.05) is 12.1 Å². The van der Waals surface area contributed by atoms with Crippen molar-refractivity contribution >= 4 is 27.5 Å². The van der Waals surface area contributed by atoms with Gasteiger partial charge < -0.3 is 0 Å². The lowest BCUT2D eigenvalue weighted by molar-refractivity contribution is 0.774. The molecule has 0 aliphatic heterocycles. The van der Waals surface area contributed by atoms with E-state index in [0.717, 1.165) is 16.8 Å². The van der Waals surface area contributed by atoms with Crippen molar-refractivity contribution in [3.63, 3.8) is 0 Å². The van der Waals surface area contributed by atoms with Crippen LogP contribution < -0.4 is 0 Å². The highest BCUT2D eigenvalue weighted by Gasteiger charge is 2.14. The Morgan fingerprint density at radius 1 is 1.05 bits per heavy atom. The highest BCUT2D eigenvalue weighted by Crippen LogP contribution is 2.29. The summed E-state index contributed by atoms with van der Waals surface area (Å²) < 4.78 is 0. The van der Waals surface area contributed by atoms with Crippen molar-refractivity contribution in [1.29, 1.82) is 0 Å². The number of rotatable bonds is 4. The average Bonchev–Trinajstić information content (AvgIpc) is 2.36. The van der Waals surface area contributed by atoms with Gasteiger partial charge in [0.2, 0.25) is 0 Å². The Morgan fingerprint density at radius 2 is 1.68 bits per heavy atom. The maximum absolute atomic E-state index is 6.31. The molecule has 0 bridgehead atoms. The van der Waals surface area contributed by atoms with Crippen molar-refractivity contribution in [2.75, 3.05) is 5.33 Å². The molecule has 1 atom stereocenters. The summed E-state index contributed by atoms with van der Waals surface area (Å²) in [6.07, 6.45) is 1.01. The van der Waals surface area contributed by atoms with E-state index >= 15 is 0 Å². The molecule has 2 rings (SSSR count). The summed E-state index contributed by atoms with van der Waals surface area (Å²) in [6, 6.07) is 14.9. The van der Waals surface area contributed by atoms with E-state index in [1.165, 1.54) is 22.3 Å². The van der Waals surface area contributed by atoms with Crippen molar-refractivity contribution in [2.24, 2.45) is 0 Å². The molecule has 1 unspecified atom stereocenters. The molecule has 0 spiro atoms. The first kappa shape index (κ1) is 14.6. The highest BCUT2D eigenvalue weighted by molar-refractivity contribution is 9.09. The SMILES string of the molecule is Cc1cc(C)cc(CC(CBr)c2ccccc2Cl)c1. The molecule has 0 heterocycles. The smallest absolute Gasteiger partial charge is 0.0441 e. The first-order valence-corrected chi connectivity index (χ1v) is 7.97. The van der Waals surface area contributed by atoms with Gasteiger partial charge in [-0.2, -0.15) is 0 Å². The van der Waals surface area contributed by atoms with Crippen molar-refractivity contribution in [2.45, 2.75) is 26.2 Å². The monoisotopic (exact) mass is 336 g/mol. The maximum Gasteiger partial charge on any atom is 0.0441 e. The van der Waals surface area contributed by atoms with Crippen LogP contribution >= 0.6 is 27.5 Å². The second-order valence-electron chi connectivity index (χ2n) is 5.07. The van der Waals surface area contributed by atoms with Gasteiger partial charge in [-0.25, -0.2) is 0 Å². The molecular formula is C17H18BrCl. The number of alkyl halides is 1. The van der Waals surface area contributed by atoms with Gasteiger partial charge in [0.15, 0.2) is 0 Å². The van der Waals surface area contributed by atoms with Crippen LogP contribution in [0.4, 0.5) is 0 Å². The maximum atomic E-state index is 6.31. The second-order valence-corrected chi connectivity index (χ2v) is 6.13. The first-order valence-electron chi connectivity index (χ1n) is 6.47. The van der Waals surface area contributed by atoms with E-state index in [4.69, 9.17) is 11.6 Å². The molecule has 100 valence electrons. The van der Waals surface area contributed by atoms with Crippen LogP contribution in [0, 0.1) is 13.8 Å². The summed E-state index contributed by atoms with van der Waals surface area (Å²) in [5.74, 6) is 0.412. The summed E-state index contributed by atoms with van der Waals surface area (Å²) in [7, 11) is 0. The third-order valence-corrected chi connectivity index (χ3v) is 4.42. The predicted octanol–water partition coefficient (Wildman–Crippen LogP) is 5.68.